The van der Waals surface area contributed by atoms with Gasteiger partial charge in [-0.3, -0.25) is 0 Å². The van der Waals surface area contributed by atoms with Crippen LogP contribution in [0.3, 0.4) is 0 Å². The molecule has 100 valence electrons. The minimum absolute atomic E-state index is 0.275. The van der Waals surface area contributed by atoms with Crippen LogP contribution in [0.25, 0.3) is 0 Å². The second-order valence-electron chi connectivity index (χ2n) is 4.49. The molecule has 0 bridgehead atoms. The van der Waals surface area contributed by atoms with Crippen molar-refractivity contribution in [1.82, 2.24) is 0 Å². The molecule has 2 aromatic rings. The fourth-order valence-electron chi connectivity index (χ4n) is 2.16. The third-order valence-corrected chi connectivity index (χ3v) is 4.13. The molecule has 2 aromatic carbocycles. The van der Waals surface area contributed by atoms with E-state index in [-0.39, 0.29) is 11.6 Å². The molecule has 2 rings (SSSR count). The number of hydrogen-bond acceptors (Lipinski definition) is 0. The van der Waals surface area contributed by atoms with Crippen LogP contribution in [0.2, 0.25) is 0 Å². The Hall–Kier alpha value is -0.930. The maximum atomic E-state index is 13.3. The van der Waals surface area contributed by atoms with Gasteiger partial charge in [-0.1, -0.05) is 6.07 Å². The normalized spacial score (nSPS) is 12.5. The summed E-state index contributed by atoms with van der Waals surface area (Å²) < 4.78 is 26.9. The zero-order valence-corrected chi connectivity index (χ0v) is 12.8. The van der Waals surface area contributed by atoms with E-state index in [1.54, 1.807) is 12.1 Å². The topological polar surface area (TPSA) is 0 Å². The van der Waals surface area contributed by atoms with Crippen LogP contribution < -0.4 is 0 Å². The lowest BCUT2D eigenvalue weighted by atomic mass is 9.95. The molecule has 0 heterocycles. The molecule has 19 heavy (non-hydrogen) atoms. The highest BCUT2D eigenvalue weighted by atomic mass is 79.9. The van der Waals surface area contributed by atoms with Crippen molar-refractivity contribution in [2.75, 3.05) is 0 Å². The van der Waals surface area contributed by atoms with E-state index in [0.29, 0.717) is 4.47 Å². The predicted molar refractivity (Wildman–Crippen MR) is 77.7 cm³/mol. The Labute approximate surface area is 124 Å². The van der Waals surface area contributed by atoms with Crippen LogP contribution in [0.5, 0.6) is 0 Å². The monoisotopic (exact) mass is 344 g/mol. The quantitative estimate of drug-likeness (QED) is 0.615. The molecule has 0 N–H and O–H groups in total. The van der Waals surface area contributed by atoms with Gasteiger partial charge in [0, 0.05) is 0 Å². The lowest BCUT2D eigenvalue weighted by Gasteiger charge is -2.17. The van der Waals surface area contributed by atoms with Crippen molar-refractivity contribution in [3.8, 4) is 0 Å². The summed E-state index contributed by atoms with van der Waals surface area (Å²) in [6, 6.07) is 7.56. The molecule has 0 nitrogen and oxygen atoms in total. The summed E-state index contributed by atoms with van der Waals surface area (Å²) in [7, 11) is 0. The average Bonchev–Trinajstić information content (AvgIpc) is 2.31. The molecule has 0 saturated heterocycles. The van der Waals surface area contributed by atoms with E-state index in [2.05, 4.69) is 15.9 Å². The lowest BCUT2D eigenvalue weighted by Crippen LogP contribution is -2.01. The Bertz CT molecular complexity index is 603. The van der Waals surface area contributed by atoms with E-state index in [4.69, 9.17) is 11.6 Å². The molecule has 4 heteroatoms. The van der Waals surface area contributed by atoms with Crippen LogP contribution in [0.4, 0.5) is 8.78 Å². The van der Waals surface area contributed by atoms with Gasteiger partial charge in [0.25, 0.3) is 0 Å². The largest absolute Gasteiger partial charge is 0.207 e. The smallest absolute Gasteiger partial charge is 0.137 e. The van der Waals surface area contributed by atoms with Gasteiger partial charge >= 0.3 is 0 Å². The van der Waals surface area contributed by atoms with Crippen LogP contribution in [0, 0.1) is 25.5 Å². The highest BCUT2D eigenvalue weighted by Gasteiger charge is 2.17. The van der Waals surface area contributed by atoms with Gasteiger partial charge in [0.2, 0.25) is 0 Å². The Morgan fingerprint density at radius 2 is 1.63 bits per heavy atom. The van der Waals surface area contributed by atoms with E-state index in [0.717, 1.165) is 22.3 Å². The van der Waals surface area contributed by atoms with Gasteiger partial charge in [-0.05, 0) is 76.3 Å². The van der Waals surface area contributed by atoms with Crippen LogP contribution >= 0.6 is 27.5 Å². The van der Waals surface area contributed by atoms with Crippen LogP contribution in [0.15, 0.2) is 34.8 Å². The third kappa shape index (κ3) is 2.98. The van der Waals surface area contributed by atoms with Crippen LogP contribution in [0.1, 0.15) is 27.6 Å². The van der Waals surface area contributed by atoms with E-state index in [1.165, 1.54) is 18.2 Å². The summed E-state index contributed by atoms with van der Waals surface area (Å²) in [5, 5.41) is -0.433. The molecule has 0 radical (unpaired) electrons. The molecule has 0 fully saturated rings. The van der Waals surface area contributed by atoms with Gasteiger partial charge in [-0.15, -0.1) is 11.6 Å². The Morgan fingerprint density at radius 1 is 1.05 bits per heavy atom. The molecule has 0 saturated carbocycles. The number of aryl methyl sites for hydroxylation is 2. The molecule has 0 aliphatic rings. The average molecular weight is 346 g/mol. The van der Waals surface area contributed by atoms with Crippen molar-refractivity contribution in [3.63, 3.8) is 0 Å². The first kappa shape index (κ1) is 14.5. The van der Waals surface area contributed by atoms with Gasteiger partial charge in [-0.2, -0.15) is 0 Å². The number of benzene rings is 2. The van der Waals surface area contributed by atoms with E-state index in [1.807, 2.05) is 13.8 Å². The Balaban J connectivity index is 2.49. The second kappa shape index (κ2) is 5.59. The van der Waals surface area contributed by atoms with Crippen molar-refractivity contribution in [1.29, 1.82) is 0 Å². The Morgan fingerprint density at radius 3 is 2.16 bits per heavy atom. The zero-order chi connectivity index (χ0) is 14.2. The second-order valence-corrected chi connectivity index (χ2v) is 5.78. The van der Waals surface area contributed by atoms with Crippen molar-refractivity contribution in [2.24, 2.45) is 0 Å². The third-order valence-electron chi connectivity index (χ3n) is 3.05. The van der Waals surface area contributed by atoms with Gasteiger partial charge in [0.05, 0.1) is 9.85 Å². The lowest BCUT2D eigenvalue weighted by molar-refractivity contribution is 0.620. The molecule has 1 atom stereocenters. The number of alkyl halides is 1. The SMILES string of the molecule is Cc1cc(F)cc(C)c1C(Cl)c1ccc(F)c(Br)c1. The summed E-state index contributed by atoms with van der Waals surface area (Å²) >= 11 is 9.60. The molecular weight excluding hydrogens is 334 g/mol. The molecule has 1 unspecified atom stereocenters. The maximum absolute atomic E-state index is 13.3. The highest BCUT2D eigenvalue weighted by Crippen LogP contribution is 2.35. The van der Waals surface area contributed by atoms with Crippen molar-refractivity contribution in [2.45, 2.75) is 19.2 Å². The standard InChI is InChI=1S/C15H12BrClF2/c1-8-5-11(18)6-9(2)14(8)15(17)10-3-4-13(19)12(16)7-10/h3-7,15H,1-2H3. The van der Waals surface area contributed by atoms with Crippen LogP contribution in [-0.4, -0.2) is 0 Å². The highest BCUT2D eigenvalue weighted by molar-refractivity contribution is 9.10. The zero-order valence-electron chi connectivity index (χ0n) is 10.5. The van der Waals surface area contributed by atoms with Crippen molar-refractivity contribution in [3.05, 3.63) is 68.7 Å². The number of halogens is 4. The first-order valence-corrected chi connectivity index (χ1v) is 6.98. The summed E-state index contributed by atoms with van der Waals surface area (Å²) in [5.41, 5.74) is 3.21. The Kier molecular flexibility index (Phi) is 4.26. The first-order valence-electron chi connectivity index (χ1n) is 5.76. The van der Waals surface area contributed by atoms with E-state index in [9.17, 15) is 8.78 Å². The molecule has 0 spiro atoms. The summed E-state index contributed by atoms with van der Waals surface area (Å²) in [5.74, 6) is -0.608. The first-order chi connectivity index (χ1) is 8.90. The minimum atomic E-state index is -0.433. The van der Waals surface area contributed by atoms with Gasteiger partial charge in [-0.25, -0.2) is 8.78 Å². The molecule has 0 aliphatic carbocycles. The maximum Gasteiger partial charge on any atom is 0.137 e. The number of hydrogen-bond donors (Lipinski definition) is 0. The van der Waals surface area contributed by atoms with Gasteiger partial charge in [0.15, 0.2) is 0 Å². The van der Waals surface area contributed by atoms with Crippen LogP contribution in [-0.2, 0) is 0 Å². The number of rotatable bonds is 2. The summed E-state index contributed by atoms with van der Waals surface area (Å²) in [4.78, 5) is 0. The van der Waals surface area contributed by atoms with Gasteiger partial charge < -0.3 is 0 Å². The van der Waals surface area contributed by atoms with Gasteiger partial charge in [0.1, 0.15) is 11.6 Å². The minimum Gasteiger partial charge on any atom is -0.207 e. The molecular formula is C15H12BrClF2. The van der Waals surface area contributed by atoms with Crippen molar-refractivity contribution < 1.29 is 8.78 Å². The van der Waals surface area contributed by atoms with E-state index < -0.39 is 5.38 Å². The molecule has 0 amide bonds. The summed E-state index contributed by atoms with van der Waals surface area (Å²) in [6.07, 6.45) is 0. The predicted octanol–water partition coefficient (Wildman–Crippen LogP) is 5.67. The fraction of sp³-hybridized carbons (Fsp3) is 0.200. The fourth-order valence-corrected chi connectivity index (χ4v) is 3.03. The summed E-state index contributed by atoms with van der Waals surface area (Å²) in [6.45, 7) is 3.64. The van der Waals surface area contributed by atoms with E-state index >= 15 is 0 Å². The molecule has 0 aliphatic heterocycles. The van der Waals surface area contributed by atoms with Crippen molar-refractivity contribution >= 4 is 27.5 Å². The molecule has 0 aromatic heterocycles.